The summed E-state index contributed by atoms with van der Waals surface area (Å²) in [7, 11) is 2.78. The van der Waals surface area contributed by atoms with E-state index in [9.17, 15) is 9.59 Å². The minimum Gasteiger partial charge on any atom is -0.495 e. The fourth-order valence-corrected chi connectivity index (χ4v) is 1.93. The fraction of sp³-hybridized carbons (Fsp3) is 0.429. The van der Waals surface area contributed by atoms with Crippen LogP contribution in [-0.4, -0.2) is 32.3 Å². The first kappa shape index (κ1) is 17.1. The van der Waals surface area contributed by atoms with Gasteiger partial charge in [-0.3, -0.25) is 0 Å². The van der Waals surface area contributed by atoms with Gasteiger partial charge in [-0.05, 0) is 24.1 Å². The predicted molar refractivity (Wildman–Crippen MR) is 80.8 cm³/mol. The second kappa shape index (κ2) is 7.73. The number of carbonyl (C=O) groups is 2. The number of urea groups is 1. The molecular formula is C14H19ClN2O4. The molecule has 0 aliphatic rings. The molecule has 2 N–H and O–H groups in total. The number of carbonyl (C=O) groups excluding carboxylic acids is 2. The second-order valence-electron chi connectivity index (χ2n) is 4.69. The number of methoxy groups -OCH3 is 2. The Balaban J connectivity index is 2.72. The first-order valence-electron chi connectivity index (χ1n) is 6.38. The highest BCUT2D eigenvalue weighted by atomic mass is 35.5. The van der Waals surface area contributed by atoms with Crippen molar-refractivity contribution >= 4 is 29.3 Å². The lowest BCUT2D eigenvalue weighted by Gasteiger charge is -2.20. The molecule has 0 saturated carbocycles. The van der Waals surface area contributed by atoms with Crippen LogP contribution in [0.1, 0.15) is 13.8 Å². The molecule has 116 valence electrons. The normalized spacial score (nSPS) is 11.7. The summed E-state index contributed by atoms with van der Waals surface area (Å²) < 4.78 is 9.68. The Hall–Kier alpha value is -1.95. The summed E-state index contributed by atoms with van der Waals surface area (Å²) in [5, 5.41) is 5.54. The maximum absolute atomic E-state index is 11.9. The maximum Gasteiger partial charge on any atom is 0.328 e. The molecule has 1 rings (SSSR count). The Morgan fingerprint density at radius 1 is 1.24 bits per heavy atom. The Bertz CT molecular complexity index is 520. The van der Waals surface area contributed by atoms with E-state index >= 15 is 0 Å². The average molecular weight is 315 g/mol. The average Bonchev–Trinajstić information content (AvgIpc) is 2.44. The number of anilines is 1. The number of esters is 1. The van der Waals surface area contributed by atoms with Gasteiger partial charge in [0, 0.05) is 5.69 Å². The molecule has 0 bridgehead atoms. The van der Waals surface area contributed by atoms with Crippen molar-refractivity contribution in [1.29, 1.82) is 0 Å². The Morgan fingerprint density at radius 2 is 1.90 bits per heavy atom. The number of halogens is 1. The van der Waals surface area contributed by atoms with Crippen LogP contribution in [0.25, 0.3) is 0 Å². The van der Waals surface area contributed by atoms with Crippen molar-refractivity contribution in [2.45, 2.75) is 19.9 Å². The van der Waals surface area contributed by atoms with Crippen molar-refractivity contribution in [2.75, 3.05) is 19.5 Å². The minimum atomic E-state index is -0.719. The summed E-state index contributed by atoms with van der Waals surface area (Å²) in [6, 6.07) is 3.61. The third-order valence-electron chi connectivity index (χ3n) is 2.82. The van der Waals surface area contributed by atoms with Crippen LogP contribution in [0.15, 0.2) is 18.2 Å². The number of benzene rings is 1. The molecule has 1 atom stereocenters. The topological polar surface area (TPSA) is 76.7 Å². The quantitative estimate of drug-likeness (QED) is 0.819. The first-order chi connectivity index (χ1) is 9.88. The molecule has 0 heterocycles. The number of rotatable bonds is 5. The van der Waals surface area contributed by atoms with Crippen molar-refractivity contribution in [2.24, 2.45) is 5.92 Å². The molecule has 1 aromatic rings. The van der Waals surface area contributed by atoms with E-state index < -0.39 is 18.0 Å². The molecular weight excluding hydrogens is 296 g/mol. The predicted octanol–water partition coefficient (Wildman–Crippen LogP) is 2.67. The summed E-state index contributed by atoms with van der Waals surface area (Å²) in [6.07, 6.45) is 0. The van der Waals surface area contributed by atoms with Crippen LogP contribution in [-0.2, 0) is 9.53 Å². The van der Waals surface area contributed by atoms with Gasteiger partial charge in [-0.25, -0.2) is 9.59 Å². The molecule has 21 heavy (non-hydrogen) atoms. The fourth-order valence-electron chi connectivity index (χ4n) is 1.68. The smallest absolute Gasteiger partial charge is 0.328 e. The second-order valence-corrected chi connectivity index (χ2v) is 5.10. The molecule has 0 aliphatic carbocycles. The van der Waals surface area contributed by atoms with Gasteiger partial charge >= 0.3 is 12.0 Å². The van der Waals surface area contributed by atoms with Crippen LogP contribution in [0.2, 0.25) is 5.02 Å². The van der Waals surface area contributed by atoms with Crippen LogP contribution in [0.4, 0.5) is 10.5 Å². The zero-order chi connectivity index (χ0) is 16.0. The summed E-state index contributed by atoms with van der Waals surface area (Å²) in [5.41, 5.74) is 0.491. The van der Waals surface area contributed by atoms with Crippen LogP contribution in [0.3, 0.4) is 0 Å². The number of ether oxygens (including phenoxy) is 2. The standard InChI is InChI=1S/C14H19ClN2O4/c1-8(2)12(13(18)21-4)17-14(19)16-9-5-6-11(20-3)10(15)7-9/h5-8,12H,1-4H3,(H2,16,17,19). The van der Waals surface area contributed by atoms with Gasteiger partial charge in [-0.1, -0.05) is 25.4 Å². The molecule has 0 fully saturated rings. The van der Waals surface area contributed by atoms with Gasteiger partial charge in [0.1, 0.15) is 11.8 Å². The molecule has 0 aromatic heterocycles. The van der Waals surface area contributed by atoms with E-state index in [0.29, 0.717) is 16.5 Å². The molecule has 2 amide bonds. The highest BCUT2D eigenvalue weighted by Gasteiger charge is 2.24. The molecule has 0 aliphatic heterocycles. The van der Waals surface area contributed by atoms with Gasteiger partial charge in [0.25, 0.3) is 0 Å². The van der Waals surface area contributed by atoms with Crippen molar-refractivity contribution in [3.05, 3.63) is 23.2 Å². The third kappa shape index (κ3) is 4.82. The number of nitrogens with one attached hydrogen (secondary N) is 2. The van der Waals surface area contributed by atoms with E-state index in [1.807, 2.05) is 13.8 Å². The zero-order valence-electron chi connectivity index (χ0n) is 12.4. The SMILES string of the molecule is COC(=O)C(NC(=O)Nc1ccc(OC)c(Cl)c1)C(C)C. The molecule has 0 saturated heterocycles. The van der Waals surface area contributed by atoms with E-state index in [2.05, 4.69) is 15.4 Å². The largest absolute Gasteiger partial charge is 0.495 e. The van der Waals surface area contributed by atoms with E-state index in [4.69, 9.17) is 16.3 Å². The first-order valence-corrected chi connectivity index (χ1v) is 6.75. The Morgan fingerprint density at radius 3 is 2.38 bits per heavy atom. The van der Waals surface area contributed by atoms with Gasteiger partial charge in [0.15, 0.2) is 0 Å². The molecule has 1 aromatic carbocycles. The third-order valence-corrected chi connectivity index (χ3v) is 3.11. The monoisotopic (exact) mass is 314 g/mol. The number of hydrogen-bond donors (Lipinski definition) is 2. The van der Waals surface area contributed by atoms with E-state index in [1.165, 1.54) is 14.2 Å². The molecule has 0 radical (unpaired) electrons. The summed E-state index contributed by atoms with van der Waals surface area (Å²) in [6.45, 7) is 3.62. The van der Waals surface area contributed by atoms with E-state index in [0.717, 1.165) is 0 Å². The molecule has 1 unspecified atom stereocenters. The van der Waals surface area contributed by atoms with Crippen LogP contribution in [0.5, 0.6) is 5.75 Å². The Labute approximate surface area is 128 Å². The van der Waals surface area contributed by atoms with Crippen molar-refractivity contribution in [3.8, 4) is 5.75 Å². The lowest BCUT2D eigenvalue weighted by atomic mass is 10.1. The highest BCUT2D eigenvalue weighted by molar-refractivity contribution is 6.32. The lowest BCUT2D eigenvalue weighted by molar-refractivity contribution is -0.143. The minimum absolute atomic E-state index is 0.0948. The van der Waals surface area contributed by atoms with Gasteiger partial charge in [0.05, 0.1) is 19.2 Å². The molecule has 6 nitrogen and oxygen atoms in total. The maximum atomic E-state index is 11.9. The van der Waals surface area contributed by atoms with Gasteiger partial charge in [-0.2, -0.15) is 0 Å². The van der Waals surface area contributed by atoms with Crippen LogP contribution >= 0.6 is 11.6 Å². The van der Waals surface area contributed by atoms with Gasteiger partial charge in [-0.15, -0.1) is 0 Å². The zero-order valence-corrected chi connectivity index (χ0v) is 13.2. The van der Waals surface area contributed by atoms with Crippen LogP contribution in [0, 0.1) is 5.92 Å². The van der Waals surface area contributed by atoms with Crippen molar-refractivity contribution in [1.82, 2.24) is 5.32 Å². The number of hydrogen-bond acceptors (Lipinski definition) is 4. The summed E-state index contributed by atoms with van der Waals surface area (Å²) in [4.78, 5) is 23.5. The van der Waals surface area contributed by atoms with Crippen molar-refractivity contribution < 1.29 is 19.1 Å². The lowest BCUT2D eigenvalue weighted by Crippen LogP contribution is -2.46. The summed E-state index contributed by atoms with van der Waals surface area (Å²) in [5.74, 6) is -0.0761. The van der Waals surface area contributed by atoms with E-state index in [1.54, 1.807) is 18.2 Å². The van der Waals surface area contributed by atoms with Crippen LogP contribution < -0.4 is 15.4 Å². The van der Waals surface area contributed by atoms with E-state index in [-0.39, 0.29) is 5.92 Å². The van der Waals surface area contributed by atoms with Crippen molar-refractivity contribution in [3.63, 3.8) is 0 Å². The van der Waals surface area contributed by atoms with Gasteiger partial charge < -0.3 is 20.1 Å². The Kier molecular flexibility index (Phi) is 6.30. The molecule has 0 spiro atoms. The number of amides is 2. The summed E-state index contributed by atoms with van der Waals surface area (Å²) >= 11 is 5.97. The molecule has 7 heteroatoms. The van der Waals surface area contributed by atoms with Gasteiger partial charge in [0.2, 0.25) is 0 Å². The highest BCUT2D eigenvalue weighted by Crippen LogP contribution is 2.27.